The normalized spacial score (nSPS) is 18.8. The Morgan fingerprint density at radius 2 is 1.93 bits per heavy atom. The van der Waals surface area contributed by atoms with Crippen LogP contribution in [0.4, 0.5) is 0 Å². The molecule has 2 amide bonds. The highest BCUT2D eigenvalue weighted by Crippen LogP contribution is 2.15. The molecule has 30 heavy (non-hydrogen) atoms. The smallest absolute Gasteiger partial charge is 0.223 e. The number of nitrogens with zero attached hydrogens (tertiary/aromatic N) is 2. The molecule has 1 aliphatic heterocycles. The van der Waals surface area contributed by atoms with E-state index in [4.69, 9.17) is 0 Å². The van der Waals surface area contributed by atoms with E-state index in [2.05, 4.69) is 38.7 Å². The number of amides is 2. The van der Waals surface area contributed by atoms with Crippen LogP contribution in [0.25, 0.3) is 0 Å². The lowest BCUT2D eigenvalue weighted by Crippen LogP contribution is -2.35. The zero-order valence-electron chi connectivity index (χ0n) is 17.6. The Morgan fingerprint density at radius 3 is 2.73 bits per heavy atom. The number of carbonyl (C=O) groups excluding carboxylic acids is 2. The molecule has 6 nitrogen and oxygen atoms in total. The monoisotopic (exact) mass is 408 g/mol. The molecule has 1 aromatic heterocycles. The number of nitrogens with one attached hydrogen (secondary N) is 2. The van der Waals surface area contributed by atoms with Gasteiger partial charge in [0.15, 0.2) is 0 Å². The number of pyridine rings is 1. The third-order valence-electron chi connectivity index (χ3n) is 5.55. The maximum Gasteiger partial charge on any atom is 0.223 e. The van der Waals surface area contributed by atoms with E-state index < -0.39 is 0 Å². The van der Waals surface area contributed by atoms with E-state index in [1.54, 1.807) is 6.20 Å². The van der Waals surface area contributed by atoms with Crippen molar-refractivity contribution >= 4 is 11.8 Å². The second-order valence-electron chi connectivity index (χ2n) is 7.89. The van der Waals surface area contributed by atoms with Gasteiger partial charge >= 0.3 is 0 Å². The summed E-state index contributed by atoms with van der Waals surface area (Å²) in [5, 5.41) is 6.06. The third kappa shape index (κ3) is 7.59. The molecule has 1 aromatic carbocycles. The molecule has 2 heterocycles. The van der Waals surface area contributed by atoms with E-state index in [1.807, 2.05) is 30.5 Å². The fraction of sp³-hybridized carbons (Fsp3) is 0.458. The van der Waals surface area contributed by atoms with Gasteiger partial charge in [-0.25, -0.2) is 0 Å². The van der Waals surface area contributed by atoms with Gasteiger partial charge < -0.3 is 10.6 Å². The maximum absolute atomic E-state index is 12.7. The van der Waals surface area contributed by atoms with E-state index in [1.165, 1.54) is 5.56 Å². The first-order valence-corrected chi connectivity index (χ1v) is 10.9. The van der Waals surface area contributed by atoms with Crippen LogP contribution in [0.15, 0.2) is 54.9 Å². The highest BCUT2D eigenvalue weighted by Gasteiger charge is 2.20. The summed E-state index contributed by atoms with van der Waals surface area (Å²) in [6.45, 7) is 3.55. The highest BCUT2D eigenvalue weighted by atomic mass is 16.2. The van der Waals surface area contributed by atoms with Gasteiger partial charge in [-0.15, -0.1) is 0 Å². The number of carbonyl (C=O) groups is 2. The molecule has 1 aliphatic rings. The summed E-state index contributed by atoms with van der Waals surface area (Å²) in [6.07, 6.45) is 7.40. The molecular formula is C24H32N4O2. The van der Waals surface area contributed by atoms with Crippen LogP contribution in [0.3, 0.4) is 0 Å². The average molecular weight is 409 g/mol. The summed E-state index contributed by atoms with van der Waals surface area (Å²) in [4.78, 5) is 31.4. The molecular weight excluding hydrogens is 376 g/mol. The Labute approximate surface area is 179 Å². The minimum atomic E-state index is -0.0700. The van der Waals surface area contributed by atoms with Crippen molar-refractivity contribution in [2.24, 2.45) is 5.92 Å². The largest absolute Gasteiger partial charge is 0.356 e. The van der Waals surface area contributed by atoms with E-state index in [9.17, 15) is 9.59 Å². The van der Waals surface area contributed by atoms with Gasteiger partial charge in [-0.05, 0) is 49.4 Å². The Bertz CT molecular complexity index is 782. The van der Waals surface area contributed by atoms with Crippen molar-refractivity contribution < 1.29 is 9.59 Å². The summed E-state index contributed by atoms with van der Waals surface area (Å²) in [5.74, 6) is 0.0778. The van der Waals surface area contributed by atoms with Crippen molar-refractivity contribution in [1.82, 2.24) is 20.5 Å². The molecule has 2 N–H and O–H groups in total. The van der Waals surface area contributed by atoms with Gasteiger partial charge in [0.05, 0.1) is 0 Å². The lowest BCUT2D eigenvalue weighted by atomic mass is 9.98. The van der Waals surface area contributed by atoms with Gasteiger partial charge in [0.2, 0.25) is 11.8 Å². The SMILES string of the molecule is O=C1CCN(Cc2cccnc2)CCCC(C(=O)NCCc2ccccc2)CCN1. The van der Waals surface area contributed by atoms with E-state index in [-0.39, 0.29) is 17.7 Å². The van der Waals surface area contributed by atoms with Crippen LogP contribution in [0.5, 0.6) is 0 Å². The average Bonchev–Trinajstić information content (AvgIpc) is 2.81. The van der Waals surface area contributed by atoms with Crippen LogP contribution in [-0.2, 0) is 22.6 Å². The molecule has 0 radical (unpaired) electrons. The number of rotatable bonds is 6. The molecule has 0 spiro atoms. The van der Waals surface area contributed by atoms with E-state index in [0.717, 1.165) is 37.9 Å². The highest BCUT2D eigenvalue weighted by molar-refractivity contribution is 5.79. The second kappa shape index (κ2) is 12.1. The van der Waals surface area contributed by atoms with Crippen LogP contribution < -0.4 is 10.6 Å². The maximum atomic E-state index is 12.7. The van der Waals surface area contributed by atoms with Crippen molar-refractivity contribution in [3.63, 3.8) is 0 Å². The lowest BCUT2D eigenvalue weighted by molar-refractivity contribution is -0.126. The van der Waals surface area contributed by atoms with Gasteiger partial charge in [-0.3, -0.25) is 19.5 Å². The van der Waals surface area contributed by atoms with Crippen molar-refractivity contribution in [3.8, 4) is 0 Å². The van der Waals surface area contributed by atoms with Crippen LogP contribution in [0.2, 0.25) is 0 Å². The summed E-state index contributed by atoms with van der Waals surface area (Å²) in [6, 6.07) is 14.2. The molecule has 1 unspecified atom stereocenters. The first kappa shape index (κ1) is 22.0. The lowest BCUT2D eigenvalue weighted by Gasteiger charge is -2.22. The van der Waals surface area contributed by atoms with Crippen LogP contribution in [0, 0.1) is 5.92 Å². The Morgan fingerprint density at radius 1 is 1.10 bits per heavy atom. The fourth-order valence-electron chi connectivity index (χ4n) is 3.84. The topological polar surface area (TPSA) is 74.3 Å². The molecule has 3 rings (SSSR count). The Balaban J connectivity index is 1.51. The number of hydrogen-bond acceptors (Lipinski definition) is 4. The number of aromatic nitrogens is 1. The molecule has 1 fully saturated rings. The van der Waals surface area contributed by atoms with Gasteiger partial charge in [0, 0.05) is 50.9 Å². The Hall–Kier alpha value is -2.73. The molecule has 160 valence electrons. The molecule has 6 heteroatoms. The predicted octanol–water partition coefficient (Wildman–Crippen LogP) is 2.55. The van der Waals surface area contributed by atoms with Crippen LogP contribution >= 0.6 is 0 Å². The van der Waals surface area contributed by atoms with Gasteiger partial charge in [0.1, 0.15) is 0 Å². The zero-order chi connectivity index (χ0) is 21.0. The first-order chi connectivity index (χ1) is 14.7. The summed E-state index contributed by atoms with van der Waals surface area (Å²) >= 11 is 0. The first-order valence-electron chi connectivity index (χ1n) is 10.9. The van der Waals surface area contributed by atoms with Crippen molar-refractivity contribution in [1.29, 1.82) is 0 Å². The Kier molecular flexibility index (Phi) is 8.84. The van der Waals surface area contributed by atoms with Gasteiger partial charge in [0.25, 0.3) is 0 Å². The molecule has 0 bridgehead atoms. The third-order valence-corrected chi connectivity index (χ3v) is 5.55. The van der Waals surface area contributed by atoms with Crippen molar-refractivity contribution in [2.45, 2.75) is 38.6 Å². The van der Waals surface area contributed by atoms with Crippen molar-refractivity contribution in [3.05, 3.63) is 66.0 Å². The number of hydrogen-bond donors (Lipinski definition) is 2. The predicted molar refractivity (Wildman–Crippen MR) is 118 cm³/mol. The van der Waals surface area contributed by atoms with Crippen LogP contribution in [0.1, 0.15) is 36.8 Å². The van der Waals surface area contributed by atoms with Crippen molar-refractivity contribution in [2.75, 3.05) is 26.2 Å². The van der Waals surface area contributed by atoms with E-state index in [0.29, 0.717) is 32.5 Å². The summed E-state index contributed by atoms with van der Waals surface area (Å²) in [5.41, 5.74) is 2.36. The standard InChI is InChI=1S/C24H32N4O2/c29-23-12-17-28(19-21-8-4-13-25-18-21)16-5-9-22(11-15-26-23)24(30)27-14-10-20-6-2-1-3-7-20/h1-4,6-8,13,18,22H,5,9-12,14-17,19H2,(H,26,29)(H,27,30). The minimum absolute atomic E-state index is 0.0522. The van der Waals surface area contributed by atoms with E-state index >= 15 is 0 Å². The molecule has 1 atom stereocenters. The second-order valence-corrected chi connectivity index (χ2v) is 7.89. The minimum Gasteiger partial charge on any atom is -0.356 e. The molecule has 0 aliphatic carbocycles. The van der Waals surface area contributed by atoms with Crippen LogP contribution in [-0.4, -0.2) is 47.9 Å². The quantitative estimate of drug-likeness (QED) is 0.770. The summed E-state index contributed by atoms with van der Waals surface area (Å²) < 4.78 is 0. The number of benzene rings is 1. The molecule has 1 saturated heterocycles. The van der Waals surface area contributed by atoms with Gasteiger partial charge in [-0.2, -0.15) is 0 Å². The molecule has 0 saturated carbocycles. The zero-order valence-corrected chi connectivity index (χ0v) is 17.6. The fourth-order valence-corrected chi connectivity index (χ4v) is 3.84. The summed E-state index contributed by atoms with van der Waals surface area (Å²) in [7, 11) is 0. The molecule has 2 aromatic rings. The van der Waals surface area contributed by atoms with Gasteiger partial charge in [-0.1, -0.05) is 36.4 Å².